The van der Waals surface area contributed by atoms with E-state index in [1.54, 1.807) is 0 Å². The normalized spacial score (nSPS) is 11.1. The third-order valence-corrected chi connectivity index (χ3v) is 2.20. The number of para-hydroxylation sites is 1. The van der Waals surface area contributed by atoms with Crippen LogP contribution >= 0.6 is 0 Å². The van der Waals surface area contributed by atoms with E-state index in [1.165, 1.54) is 5.69 Å². The Kier molecular flexibility index (Phi) is 4.67. The molecule has 15 heavy (non-hydrogen) atoms. The van der Waals surface area contributed by atoms with Crippen molar-refractivity contribution in [1.29, 1.82) is 0 Å². The minimum atomic E-state index is 0.692. The Morgan fingerprint density at radius 3 is 2.07 bits per heavy atom. The van der Waals surface area contributed by atoms with Gasteiger partial charge in [-0.3, -0.25) is 0 Å². The highest BCUT2D eigenvalue weighted by molar-refractivity contribution is 5.44. The first-order valence-corrected chi connectivity index (χ1v) is 5.81. The van der Waals surface area contributed by atoms with Crippen molar-refractivity contribution in [3.05, 3.63) is 30.3 Å². The van der Waals surface area contributed by atoms with E-state index >= 15 is 0 Å². The first-order valence-electron chi connectivity index (χ1n) is 5.81. The number of hydrogen-bond acceptors (Lipinski definition) is 1. The van der Waals surface area contributed by atoms with Gasteiger partial charge in [-0.15, -0.1) is 0 Å². The molecule has 1 aromatic carbocycles. The van der Waals surface area contributed by atoms with Gasteiger partial charge in [-0.2, -0.15) is 0 Å². The molecule has 83 valence electrons. The van der Waals surface area contributed by atoms with Gasteiger partial charge < -0.3 is 4.90 Å². The summed E-state index contributed by atoms with van der Waals surface area (Å²) in [5.74, 6) is 1.38. The molecule has 0 aromatic heterocycles. The molecular weight excluding hydrogens is 182 g/mol. The largest absolute Gasteiger partial charge is 0.371 e. The summed E-state index contributed by atoms with van der Waals surface area (Å²) in [5, 5.41) is 0. The van der Waals surface area contributed by atoms with Crippen LogP contribution in [0.3, 0.4) is 0 Å². The Morgan fingerprint density at radius 2 is 1.67 bits per heavy atom. The molecule has 0 spiro atoms. The first kappa shape index (κ1) is 12.1. The van der Waals surface area contributed by atoms with E-state index in [0.717, 1.165) is 13.1 Å². The lowest BCUT2D eigenvalue weighted by Crippen LogP contribution is -2.31. The van der Waals surface area contributed by atoms with Crippen molar-refractivity contribution in [3.63, 3.8) is 0 Å². The zero-order valence-corrected chi connectivity index (χ0v) is 10.3. The van der Waals surface area contributed by atoms with Crippen LogP contribution in [0, 0.1) is 17.9 Å². The maximum absolute atomic E-state index is 3.31. The van der Waals surface area contributed by atoms with Crippen molar-refractivity contribution in [2.75, 3.05) is 18.0 Å². The monoisotopic (exact) mass is 204 g/mol. The molecule has 1 aromatic rings. The summed E-state index contributed by atoms with van der Waals surface area (Å²) in [5.41, 5.74) is 1.22. The summed E-state index contributed by atoms with van der Waals surface area (Å²) in [4.78, 5) is 2.43. The summed E-state index contributed by atoms with van der Waals surface area (Å²) >= 11 is 0. The molecule has 0 heterocycles. The Balaban J connectivity index is 2.72. The van der Waals surface area contributed by atoms with Gasteiger partial charge in [0, 0.05) is 24.8 Å². The number of rotatable bonds is 5. The van der Waals surface area contributed by atoms with Crippen LogP contribution in [0.1, 0.15) is 27.7 Å². The molecule has 1 rings (SSSR count). The van der Waals surface area contributed by atoms with Crippen molar-refractivity contribution in [3.8, 4) is 0 Å². The van der Waals surface area contributed by atoms with E-state index in [4.69, 9.17) is 0 Å². The first-order chi connectivity index (χ1) is 7.09. The standard InChI is InChI=1S/C14H22N/c1-12(2)10-15(11-13(3)4)14-8-6-5-7-9-14/h5-8,12-13H,10-11H2,1-4H3. The van der Waals surface area contributed by atoms with Crippen LogP contribution in [0.25, 0.3) is 0 Å². The fourth-order valence-corrected chi connectivity index (χ4v) is 1.73. The van der Waals surface area contributed by atoms with Gasteiger partial charge in [0.05, 0.1) is 0 Å². The summed E-state index contributed by atoms with van der Waals surface area (Å²) in [6.07, 6.45) is 0. The second kappa shape index (κ2) is 5.79. The van der Waals surface area contributed by atoms with Crippen molar-refractivity contribution < 1.29 is 0 Å². The van der Waals surface area contributed by atoms with Crippen LogP contribution in [0.5, 0.6) is 0 Å². The van der Waals surface area contributed by atoms with Gasteiger partial charge in [-0.05, 0) is 17.9 Å². The molecule has 0 fully saturated rings. The van der Waals surface area contributed by atoms with E-state index in [1.807, 2.05) is 12.1 Å². The minimum absolute atomic E-state index is 0.692. The summed E-state index contributed by atoms with van der Waals surface area (Å²) in [6, 6.07) is 11.5. The van der Waals surface area contributed by atoms with Crippen molar-refractivity contribution >= 4 is 5.69 Å². The molecule has 0 aliphatic rings. The number of nitrogens with zero attached hydrogens (tertiary/aromatic N) is 1. The molecule has 0 bridgehead atoms. The van der Waals surface area contributed by atoms with Gasteiger partial charge in [-0.1, -0.05) is 45.9 Å². The highest BCUT2D eigenvalue weighted by Crippen LogP contribution is 2.16. The van der Waals surface area contributed by atoms with Crippen molar-refractivity contribution in [2.45, 2.75) is 27.7 Å². The van der Waals surface area contributed by atoms with E-state index in [9.17, 15) is 0 Å². The molecule has 1 heteroatoms. The predicted octanol–water partition coefficient (Wildman–Crippen LogP) is 3.61. The van der Waals surface area contributed by atoms with Crippen molar-refractivity contribution in [1.82, 2.24) is 0 Å². The molecular formula is C14H22N. The van der Waals surface area contributed by atoms with E-state index in [-0.39, 0.29) is 0 Å². The molecule has 0 N–H and O–H groups in total. The molecule has 1 nitrogen and oxygen atoms in total. The van der Waals surface area contributed by atoms with Crippen LogP contribution in [0.4, 0.5) is 5.69 Å². The van der Waals surface area contributed by atoms with Gasteiger partial charge in [0.25, 0.3) is 0 Å². The number of benzene rings is 1. The topological polar surface area (TPSA) is 3.24 Å². The van der Waals surface area contributed by atoms with Crippen LogP contribution in [-0.4, -0.2) is 13.1 Å². The zero-order valence-electron chi connectivity index (χ0n) is 10.3. The SMILES string of the molecule is CC(C)CN(CC(C)C)c1[c]cccc1. The lowest BCUT2D eigenvalue weighted by molar-refractivity contribution is 0.552. The third-order valence-electron chi connectivity index (χ3n) is 2.20. The molecule has 0 aliphatic heterocycles. The highest BCUT2D eigenvalue weighted by atomic mass is 15.1. The Labute approximate surface area is 94.1 Å². The lowest BCUT2D eigenvalue weighted by Gasteiger charge is -2.28. The van der Waals surface area contributed by atoms with Crippen LogP contribution in [-0.2, 0) is 0 Å². The third kappa shape index (κ3) is 4.37. The van der Waals surface area contributed by atoms with Crippen LogP contribution in [0.2, 0.25) is 0 Å². The number of anilines is 1. The molecule has 0 atom stereocenters. The second-order valence-electron chi connectivity index (χ2n) is 4.94. The maximum atomic E-state index is 3.31. The van der Waals surface area contributed by atoms with Crippen LogP contribution in [0.15, 0.2) is 24.3 Å². The summed E-state index contributed by atoms with van der Waals surface area (Å²) in [7, 11) is 0. The Bertz CT molecular complexity index is 254. The summed E-state index contributed by atoms with van der Waals surface area (Å²) in [6.45, 7) is 11.3. The molecule has 1 radical (unpaired) electrons. The highest BCUT2D eigenvalue weighted by Gasteiger charge is 2.09. The van der Waals surface area contributed by atoms with Crippen LogP contribution < -0.4 is 4.90 Å². The maximum Gasteiger partial charge on any atom is 0.0446 e. The van der Waals surface area contributed by atoms with E-state index in [0.29, 0.717) is 11.8 Å². The smallest absolute Gasteiger partial charge is 0.0446 e. The second-order valence-corrected chi connectivity index (χ2v) is 4.94. The van der Waals surface area contributed by atoms with Gasteiger partial charge in [0.1, 0.15) is 0 Å². The predicted molar refractivity (Wildman–Crippen MR) is 67.2 cm³/mol. The van der Waals surface area contributed by atoms with Crippen molar-refractivity contribution in [2.24, 2.45) is 11.8 Å². The fourth-order valence-electron chi connectivity index (χ4n) is 1.73. The number of hydrogen-bond donors (Lipinski definition) is 0. The van der Waals surface area contributed by atoms with Gasteiger partial charge in [0.2, 0.25) is 0 Å². The Morgan fingerprint density at radius 1 is 1.07 bits per heavy atom. The molecule has 0 saturated heterocycles. The fraction of sp³-hybridized carbons (Fsp3) is 0.571. The van der Waals surface area contributed by atoms with Gasteiger partial charge in [-0.25, -0.2) is 0 Å². The molecule has 0 amide bonds. The lowest BCUT2D eigenvalue weighted by atomic mass is 10.1. The van der Waals surface area contributed by atoms with Gasteiger partial charge >= 0.3 is 0 Å². The molecule has 0 aliphatic carbocycles. The quantitative estimate of drug-likeness (QED) is 0.708. The Hall–Kier alpha value is -0.980. The molecule has 0 saturated carbocycles. The van der Waals surface area contributed by atoms with E-state index < -0.39 is 0 Å². The van der Waals surface area contributed by atoms with Gasteiger partial charge in [0.15, 0.2) is 0 Å². The minimum Gasteiger partial charge on any atom is -0.371 e. The summed E-state index contributed by atoms with van der Waals surface area (Å²) < 4.78 is 0. The average Bonchev–Trinajstić information content (AvgIpc) is 2.17. The average molecular weight is 204 g/mol. The van der Waals surface area contributed by atoms with E-state index in [2.05, 4.69) is 50.8 Å². The zero-order chi connectivity index (χ0) is 11.3. The molecule has 0 unspecified atom stereocenters.